The van der Waals surface area contributed by atoms with Gasteiger partial charge in [0, 0.05) is 38.9 Å². The number of allylic oxidation sites excluding steroid dienone is 1. The fourth-order valence-corrected chi connectivity index (χ4v) is 2.76. The summed E-state index contributed by atoms with van der Waals surface area (Å²) in [7, 11) is 1.71. The van der Waals surface area contributed by atoms with Gasteiger partial charge in [0.15, 0.2) is 0 Å². The third-order valence-corrected chi connectivity index (χ3v) is 4.19. The van der Waals surface area contributed by atoms with Crippen LogP contribution in [0.2, 0.25) is 0 Å². The third-order valence-electron chi connectivity index (χ3n) is 4.19. The number of hydrogen-bond donors (Lipinski definition) is 1. The number of carbonyl (C=O) groups excluding carboxylic acids is 1. The van der Waals surface area contributed by atoms with Crippen LogP contribution < -0.4 is 5.32 Å². The molecular weight excluding hydrogens is 295 g/mol. The molecular formula is C18H25FN2O2. The number of nitrogens with zero attached hydrogens (tertiary/aromatic N) is 1. The average molecular weight is 320 g/mol. The molecule has 4 nitrogen and oxygen atoms in total. The summed E-state index contributed by atoms with van der Waals surface area (Å²) in [6, 6.07) is 6.39. The van der Waals surface area contributed by atoms with Gasteiger partial charge >= 0.3 is 0 Å². The van der Waals surface area contributed by atoms with Gasteiger partial charge in [0.2, 0.25) is 5.91 Å². The highest BCUT2D eigenvalue weighted by atomic mass is 19.1. The molecule has 23 heavy (non-hydrogen) atoms. The largest absolute Gasteiger partial charge is 0.383 e. The van der Waals surface area contributed by atoms with E-state index in [2.05, 4.69) is 10.2 Å². The van der Waals surface area contributed by atoms with E-state index in [4.69, 9.17) is 4.74 Å². The smallest absolute Gasteiger partial charge is 0.244 e. The molecule has 2 rings (SSSR count). The monoisotopic (exact) mass is 320 g/mol. The third kappa shape index (κ3) is 5.77. The van der Waals surface area contributed by atoms with Crippen LogP contribution in [0.25, 0.3) is 5.57 Å². The van der Waals surface area contributed by atoms with Crippen LogP contribution in [-0.4, -0.2) is 50.2 Å². The first-order valence-electron chi connectivity index (χ1n) is 8.04. The summed E-state index contributed by atoms with van der Waals surface area (Å²) in [5.41, 5.74) is 1.69. The van der Waals surface area contributed by atoms with Gasteiger partial charge in [-0.3, -0.25) is 4.79 Å². The van der Waals surface area contributed by atoms with Crippen LogP contribution in [0, 0.1) is 5.82 Å². The first kappa shape index (κ1) is 17.6. The molecule has 1 aliphatic rings. The minimum Gasteiger partial charge on any atom is -0.383 e. The first-order valence-corrected chi connectivity index (χ1v) is 8.04. The lowest BCUT2D eigenvalue weighted by Crippen LogP contribution is -2.45. The summed E-state index contributed by atoms with van der Waals surface area (Å²) in [5, 5.41) is 3.06. The van der Waals surface area contributed by atoms with E-state index in [1.807, 2.05) is 6.92 Å². The second-order valence-corrected chi connectivity index (χ2v) is 5.95. The number of likely N-dealkylation sites (tertiary alicyclic amines) is 1. The van der Waals surface area contributed by atoms with E-state index in [0.29, 0.717) is 0 Å². The predicted octanol–water partition coefficient (Wildman–Crippen LogP) is 2.46. The van der Waals surface area contributed by atoms with Crippen LogP contribution in [0.1, 0.15) is 25.3 Å². The van der Waals surface area contributed by atoms with E-state index in [-0.39, 0.29) is 17.8 Å². The Morgan fingerprint density at radius 3 is 2.61 bits per heavy atom. The minimum atomic E-state index is -0.272. The highest BCUT2D eigenvalue weighted by molar-refractivity contribution is 5.94. The Morgan fingerprint density at radius 1 is 1.35 bits per heavy atom. The van der Waals surface area contributed by atoms with Crippen molar-refractivity contribution in [2.75, 3.05) is 33.4 Å². The first-order chi connectivity index (χ1) is 11.1. The molecule has 1 aromatic rings. The van der Waals surface area contributed by atoms with E-state index in [1.54, 1.807) is 25.3 Å². The van der Waals surface area contributed by atoms with Crippen molar-refractivity contribution in [1.29, 1.82) is 0 Å². The van der Waals surface area contributed by atoms with Crippen molar-refractivity contribution >= 4 is 11.5 Å². The van der Waals surface area contributed by atoms with Gasteiger partial charge in [0.05, 0.1) is 6.61 Å². The van der Waals surface area contributed by atoms with Gasteiger partial charge in [-0.25, -0.2) is 4.39 Å². The van der Waals surface area contributed by atoms with Crippen molar-refractivity contribution in [3.05, 3.63) is 41.7 Å². The summed E-state index contributed by atoms with van der Waals surface area (Å²) < 4.78 is 18.0. The van der Waals surface area contributed by atoms with Gasteiger partial charge in [-0.1, -0.05) is 12.1 Å². The van der Waals surface area contributed by atoms with Crippen molar-refractivity contribution < 1.29 is 13.9 Å². The molecule has 1 heterocycles. The number of carbonyl (C=O) groups is 1. The molecule has 126 valence electrons. The van der Waals surface area contributed by atoms with Gasteiger partial charge < -0.3 is 15.0 Å². The number of hydrogen-bond acceptors (Lipinski definition) is 3. The second kappa shape index (κ2) is 8.79. The van der Waals surface area contributed by atoms with Crippen molar-refractivity contribution in [1.82, 2.24) is 10.2 Å². The number of methoxy groups -OCH3 is 1. The number of amides is 1. The van der Waals surface area contributed by atoms with E-state index in [0.717, 1.165) is 50.2 Å². The molecule has 0 unspecified atom stereocenters. The van der Waals surface area contributed by atoms with Crippen LogP contribution >= 0.6 is 0 Å². The molecule has 0 saturated carbocycles. The summed E-state index contributed by atoms with van der Waals surface area (Å²) in [4.78, 5) is 14.5. The van der Waals surface area contributed by atoms with Crippen LogP contribution in [-0.2, 0) is 9.53 Å². The Morgan fingerprint density at radius 2 is 2.00 bits per heavy atom. The maximum Gasteiger partial charge on any atom is 0.244 e. The molecule has 0 atom stereocenters. The maximum absolute atomic E-state index is 12.9. The van der Waals surface area contributed by atoms with E-state index in [1.165, 1.54) is 12.1 Å². The highest BCUT2D eigenvalue weighted by Crippen LogP contribution is 2.15. The van der Waals surface area contributed by atoms with Crippen molar-refractivity contribution in [3.63, 3.8) is 0 Å². The van der Waals surface area contributed by atoms with Crippen LogP contribution in [0.3, 0.4) is 0 Å². The standard InChI is InChI=1S/C18H25FN2O2/c1-14(15-3-5-16(19)6-4-15)13-18(22)20-17-7-9-21(10-8-17)11-12-23-2/h3-6,13,17H,7-12H2,1-2H3,(H,20,22)/b14-13+. The molecule has 1 aliphatic heterocycles. The number of nitrogens with one attached hydrogen (secondary N) is 1. The number of halogens is 1. The van der Waals surface area contributed by atoms with Gasteiger partial charge in [-0.15, -0.1) is 0 Å². The lowest BCUT2D eigenvalue weighted by atomic mass is 10.0. The summed E-state index contributed by atoms with van der Waals surface area (Å²) >= 11 is 0. The van der Waals surface area contributed by atoms with Crippen molar-refractivity contribution in [2.45, 2.75) is 25.8 Å². The number of ether oxygens (including phenoxy) is 1. The molecule has 1 fully saturated rings. The number of rotatable bonds is 6. The second-order valence-electron chi connectivity index (χ2n) is 5.95. The van der Waals surface area contributed by atoms with Gasteiger partial charge in [-0.2, -0.15) is 0 Å². The Hall–Kier alpha value is -1.72. The molecule has 0 aromatic heterocycles. The Kier molecular flexibility index (Phi) is 6.74. The quantitative estimate of drug-likeness (QED) is 0.819. The van der Waals surface area contributed by atoms with E-state index < -0.39 is 0 Å². The zero-order valence-electron chi connectivity index (χ0n) is 13.8. The Labute approximate surface area is 137 Å². The van der Waals surface area contributed by atoms with E-state index in [9.17, 15) is 9.18 Å². The summed E-state index contributed by atoms with van der Waals surface area (Å²) in [6.45, 7) is 5.52. The Bertz CT molecular complexity index is 534. The van der Waals surface area contributed by atoms with E-state index >= 15 is 0 Å². The van der Waals surface area contributed by atoms with Crippen LogP contribution in [0.4, 0.5) is 4.39 Å². The maximum atomic E-state index is 12.9. The number of benzene rings is 1. The highest BCUT2D eigenvalue weighted by Gasteiger charge is 2.19. The average Bonchev–Trinajstić information content (AvgIpc) is 2.54. The fraction of sp³-hybridized carbons (Fsp3) is 0.500. The zero-order chi connectivity index (χ0) is 16.7. The summed E-state index contributed by atoms with van der Waals surface area (Å²) in [5.74, 6) is -0.353. The molecule has 0 spiro atoms. The van der Waals surface area contributed by atoms with Gasteiger partial charge in [0.1, 0.15) is 5.82 Å². The normalized spacial score (nSPS) is 17.3. The van der Waals surface area contributed by atoms with Crippen LogP contribution in [0.15, 0.2) is 30.3 Å². The fourth-order valence-electron chi connectivity index (χ4n) is 2.76. The zero-order valence-corrected chi connectivity index (χ0v) is 13.8. The lowest BCUT2D eigenvalue weighted by molar-refractivity contribution is -0.117. The predicted molar refractivity (Wildman–Crippen MR) is 89.5 cm³/mol. The summed E-state index contributed by atoms with van der Waals surface area (Å²) in [6.07, 6.45) is 3.50. The SMILES string of the molecule is COCCN1CCC(NC(=O)/C=C(\C)c2ccc(F)cc2)CC1. The molecule has 1 saturated heterocycles. The Balaban J connectivity index is 1.81. The lowest BCUT2D eigenvalue weighted by Gasteiger charge is -2.31. The minimum absolute atomic E-state index is 0.0813. The van der Waals surface area contributed by atoms with Gasteiger partial charge in [0.25, 0.3) is 0 Å². The molecule has 5 heteroatoms. The van der Waals surface area contributed by atoms with Crippen molar-refractivity contribution in [3.8, 4) is 0 Å². The van der Waals surface area contributed by atoms with Crippen LogP contribution in [0.5, 0.6) is 0 Å². The molecule has 1 amide bonds. The molecule has 0 radical (unpaired) electrons. The molecule has 1 aromatic carbocycles. The number of piperidine rings is 1. The molecule has 0 bridgehead atoms. The molecule has 0 aliphatic carbocycles. The van der Waals surface area contributed by atoms with Crippen molar-refractivity contribution in [2.24, 2.45) is 0 Å². The molecule has 1 N–H and O–H groups in total. The topological polar surface area (TPSA) is 41.6 Å². The van der Waals surface area contributed by atoms with Gasteiger partial charge in [-0.05, 0) is 43.0 Å².